The molecule has 1 atom stereocenters. The standard InChI is InChI=1S/C24H31FN6O3/c1-2-22(32)31-8-4-6-19(17-31)27-23-21(25)16-26-24(29-23)28-18-5-3-7-20(15-18)34-14-11-30-9-12-33-13-10-30/h2-3,5,7,15-16,19H,1,4,6,8-14,17H2,(H2,26,27,28,29). The molecule has 0 saturated carbocycles. The van der Waals surface area contributed by atoms with Crippen molar-refractivity contribution in [2.75, 3.05) is 63.2 Å². The molecule has 9 nitrogen and oxygen atoms in total. The van der Waals surface area contributed by atoms with Crippen LogP contribution < -0.4 is 15.4 Å². The number of anilines is 3. The summed E-state index contributed by atoms with van der Waals surface area (Å²) in [4.78, 5) is 24.3. The Balaban J connectivity index is 1.34. The molecule has 1 aromatic carbocycles. The SMILES string of the molecule is C=CC(=O)N1CCCC(Nc2nc(Nc3cccc(OCCN4CCOCC4)c3)ncc2F)C1. The molecule has 2 fully saturated rings. The van der Waals surface area contributed by atoms with Gasteiger partial charge in [0, 0.05) is 50.5 Å². The van der Waals surface area contributed by atoms with Gasteiger partial charge in [-0.05, 0) is 31.1 Å². The summed E-state index contributed by atoms with van der Waals surface area (Å²) in [7, 11) is 0. The van der Waals surface area contributed by atoms with Crippen molar-refractivity contribution >= 4 is 23.4 Å². The van der Waals surface area contributed by atoms with Gasteiger partial charge in [-0.3, -0.25) is 9.69 Å². The summed E-state index contributed by atoms with van der Waals surface area (Å²) >= 11 is 0. The van der Waals surface area contributed by atoms with Gasteiger partial charge in [0.1, 0.15) is 12.4 Å². The van der Waals surface area contributed by atoms with Crippen molar-refractivity contribution < 1.29 is 18.7 Å². The van der Waals surface area contributed by atoms with Crippen LogP contribution in [0.4, 0.5) is 21.8 Å². The van der Waals surface area contributed by atoms with E-state index < -0.39 is 5.82 Å². The Morgan fingerprint density at radius 3 is 3.00 bits per heavy atom. The number of aromatic nitrogens is 2. The van der Waals surface area contributed by atoms with Gasteiger partial charge in [0.25, 0.3) is 0 Å². The highest BCUT2D eigenvalue weighted by atomic mass is 19.1. The summed E-state index contributed by atoms with van der Waals surface area (Å²) in [6.45, 7) is 9.48. The predicted molar refractivity (Wildman–Crippen MR) is 128 cm³/mol. The molecule has 182 valence electrons. The Hall–Kier alpha value is -3.24. The third kappa shape index (κ3) is 6.64. The number of nitrogens with zero attached hydrogens (tertiary/aromatic N) is 4. The van der Waals surface area contributed by atoms with Gasteiger partial charge >= 0.3 is 0 Å². The van der Waals surface area contributed by atoms with E-state index in [9.17, 15) is 9.18 Å². The van der Waals surface area contributed by atoms with E-state index in [4.69, 9.17) is 9.47 Å². The average molecular weight is 471 g/mol. The van der Waals surface area contributed by atoms with E-state index in [2.05, 4.69) is 32.1 Å². The second-order valence-corrected chi connectivity index (χ2v) is 8.32. The molecule has 0 aliphatic carbocycles. The Morgan fingerprint density at radius 2 is 2.18 bits per heavy atom. The maximum absolute atomic E-state index is 14.4. The number of carbonyl (C=O) groups is 1. The number of benzene rings is 1. The summed E-state index contributed by atoms with van der Waals surface area (Å²) in [6.07, 6.45) is 4.08. The zero-order chi connectivity index (χ0) is 23.8. The number of amides is 1. The number of piperidine rings is 1. The van der Waals surface area contributed by atoms with Crippen molar-refractivity contribution in [2.45, 2.75) is 18.9 Å². The maximum atomic E-state index is 14.4. The van der Waals surface area contributed by atoms with Gasteiger partial charge in [0.2, 0.25) is 11.9 Å². The molecule has 2 saturated heterocycles. The van der Waals surface area contributed by atoms with Crippen LogP contribution in [0.25, 0.3) is 0 Å². The predicted octanol–water partition coefficient (Wildman–Crippen LogP) is 2.66. The summed E-state index contributed by atoms with van der Waals surface area (Å²) in [6, 6.07) is 7.40. The molecule has 1 amide bonds. The van der Waals surface area contributed by atoms with Crippen LogP contribution in [0, 0.1) is 5.82 Å². The topological polar surface area (TPSA) is 91.9 Å². The number of rotatable bonds is 9. The minimum absolute atomic E-state index is 0.0990. The zero-order valence-electron chi connectivity index (χ0n) is 19.2. The van der Waals surface area contributed by atoms with Gasteiger partial charge in [-0.15, -0.1) is 0 Å². The van der Waals surface area contributed by atoms with Crippen LogP contribution in [0.2, 0.25) is 0 Å². The quantitative estimate of drug-likeness (QED) is 0.541. The minimum atomic E-state index is -0.544. The molecule has 2 aliphatic rings. The van der Waals surface area contributed by atoms with E-state index >= 15 is 0 Å². The maximum Gasteiger partial charge on any atom is 0.246 e. The van der Waals surface area contributed by atoms with E-state index in [1.165, 1.54) is 6.08 Å². The molecule has 1 aromatic heterocycles. The first-order valence-electron chi connectivity index (χ1n) is 11.6. The Labute approximate surface area is 199 Å². The summed E-state index contributed by atoms with van der Waals surface area (Å²) in [5.74, 6) is 0.437. The highest BCUT2D eigenvalue weighted by Crippen LogP contribution is 2.22. The van der Waals surface area contributed by atoms with Crippen molar-refractivity contribution in [3.63, 3.8) is 0 Å². The first-order chi connectivity index (χ1) is 16.6. The molecule has 0 bridgehead atoms. The van der Waals surface area contributed by atoms with Gasteiger partial charge in [-0.25, -0.2) is 9.37 Å². The molecule has 2 aromatic rings. The van der Waals surface area contributed by atoms with Crippen molar-refractivity contribution in [1.29, 1.82) is 0 Å². The molecule has 2 N–H and O–H groups in total. The van der Waals surface area contributed by atoms with E-state index in [0.717, 1.165) is 63.3 Å². The number of morpholine rings is 1. The Bertz CT molecular complexity index is 985. The lowest BCUT2D eigenvalue weighted by Gasteiger charge is -2.32. The molecular formula is C24H31FN6O3. The number of carbonyl (C=O) groups excluding carboxylic acids is 1. The lowest BCUT2D eigenvalue weighted by molar-refractivity contribution is -0.127. The van der Waals surface area contributed by atoms with Crippen molar-refractivity contribution in [3.8, 4) is 5.75 Å². The molecule has 2 aliphatic heterocycles. The third-order valence-corrected chi connectivity index (χ3v) is 5.86. The normalized spacial score (nSPS) is 18.9. The first kappa shape index (κ1) is 23.9. The first-order valence-corrected chi connectivity index (χ1v) is 11.6. The Morgan fingerprint density at radius 1 is 1.32 bits per heavy atom. The largest absolute Gasteiger partial charge is 0.492 e. The molecule has 3 heterocycles. The smallest absolute Gasteiger partial charge is 0.246 e. The lowest BCUT2D eigenvalue weighted by Crippen LogP contribution is -2.44. The molecule has 0 spiro atoms. The summed E-state index contributed by atoms with van der Waals surface area (Å²) in [5, 5.41) is 6.23. The van der Waals surface area contributed by atoms with Crippen molar-refractivity contribution in [2.24, 2.45) is 0 Å². The van der Waals surface area contributed by atoms with Crippen LogP contribution >= 0.6 is 0 Å². The van der Waals surface area contributed by atoms with Gasteiger partial charge in [0.05, 0.1) is 19.4 Å². The van der Waals surface area contributed by atoms with Gasteiger partial charge in [0.15, 0.2) is 11.6 Å². The molecule has 0 radical (unpaired) electrons. The van der Waals surface area contributed by atoms with E-state index in [0.29, 0.717) is 19.7 Å². The molecule has 4 rings (SSSR count). The number of hydrogen-bond donors (Lipinski definition) is 2. The summed E-state index contributed by atoms with van der Waals surface area (Å²) in [5.41, 5.74) is 0.738. The van der Waals surface area contributed by atoms with Crippen LogP contribution in [0.15, 0.2) is 43.1 Å². The number of nitrogens with one attached hydrogen (secondary N) is 2. The molecule has 1 unspecified atom stereocenters. The third-order valence-electron chi connectivity index (χ3n) is 5.86. The van der Waals surface area contributed by atoms with Crippen molar-refractivity contribution in [1.82, 2.24) is 19.8 Å². The van der Waals surface area contributed by atoms with Crippen molar-refractivity contribution in [3.05, 3.63) is 48.9 Å². The fourth-order valence-electron chi connectivity index (χ4n) is 4.06. The van der Waals surface area contributed by atoms with Crippen LogP contribution in [-0.4, -0.2) is 84.3 Å². The van der Waals surface area contributed by atoms with E-state index in [-0.39, 0.29) is 23.7 Å². The fourth-order valence-corrected chi connectivity index (χ4v) is 4.06. The minimum Gasteiger partial charge on any atom is -0.492 e. The lowest BCUT2D eigenvalue weighted by atomic mass is 10.1. The number of hydrogen-bond acceptors (Lipinski definition) is 8. The molecule has 34 heavy (non-hydrogen) atoms. The number of ether oxygens (including phenoxy) is 2. The molecular weight excluding hydrogens is 439 g/mol. The fraction of sp³-hybridized carbons (Fsp3) is 0.458. The van der Waals surface area contributed by atoms with Crippen LogP contribution in [0.5, 0.6) is 5.75 Å². The van der Waals surface area contributed by atoms with Crippen LogP contribution in [0.3, 0.4) is 0 Å². The monoisotopic (exact) mass is 470 g/mol. The highest BCUT2D eigenvalue weighted by Gasteiger charge is 2.23. The van der Waals surface area contributed by atoms with Crippen LogP contribution in [-0.2, 0) is 9.53 Å². The van der Waals surface area contributed by atoms with Gasteiger partial charge in [-0.1, -0.05) is 12.6 Å². The second-order valence-electron chi connectivity index (χ2n) is 8.32. The molecule has 10 heteroatoms. The highest BCUT2D eigenvalue weighted by molar-refractivity contribution is 5.87. The van der Waals surface area contributed by atoms with Crippen LogP contribution in [0.1, 0.15) is 12.8 Å². The van der Waals surface area contributed by atoms with E-state index in [1.54, 1.807) is 4.90 Å². The number of likely N-dealkylation sites (tertiary alicyclic amines) is 1. The zero-order valence-corrected chi connectivity index (χ0v) is 19.2. The van der Waals surface area contributed by atoms with Gasteiger partial charge < -0.3 is 25.0 Å². The summed E-state index contributed by atoms with van der Waals surface area (Å²) < 4.78 is 25.7. The number of halogens is 1. The average Bonchev–Trinajstić information content (AvgIpc) is 2.87. The van der Waals surface area contributed by atoms with Gasteiger partial charge in [-0.2, -0.15) is 4.98 Å². The van der Waals surface area contributed by atoms with E-state index in [1.807, 2.05) is 24.3 Å². The second kappa shape index (κ2) is 11.8. The Kier molecular flexibility index (Phi) is 8.26.